The number of amides is 1. The highest BCUT2D eigenvalue weighted by Crippen LogP contribution is 2.06. The van der Waals surface area contributed by atoms with E-state index in [2.05, 4.69) is 10.6 Å². The zero-order valence-corrected chi connectivity index (χ0v) is 9.87. The molecule has 0 radical (unpaired) electrons. The molecule has 1 amide bonds. The van der Waals surface area contributed by atoms with Crippen molar-refractivity contribution < 1.29 is 14.6 Å². The summed E-state index contributed by atoms with van der Waals surface area (Å²) in [5.74, 6) is 0.0457. The number of nitrogens with one attached hydrogen (secondary N) is 2. The van der Waals surface area contributed by atoms with Crippen molar-refractivity contribution in [2.75, 3.05) is 26.8 Å². The lowest BCUT2D eigenvalue weighted by molar-refractivity contribution is -0.123. The van der Waals surface area contributed by atoms with Gasteiger partial charge in [-0.3, -0.25) is 4.79 Å². The molecule has 0 bridgehead atoms. The first-order chi connectivity index (χ1) is 7.74. The molecule has 1 aliphatic heterocycles. The predicted octanol–water partition coefficient (Wildman–Crippen LogP) is -0.358. The van der Waals surface area contributed by atoms with E-state index in [9.17, 15) is 9.90 Å². The molecule has 1 rings (SSSR count). The molecule has 0 aromatic carbocycles. The van der Waals surface area contributed by atoms with E-state index in [1.54, 1.807) is 7.11 Å². The Morgan fingerprint density at radius 2 is 2.44 bits per heavy atom. The van der Waals surface area contributed by atoms with Crippen molar-refractivity contribution in [3.63, 3.8) is 0 Å². The van der Waals surface area contributed by atoms with E-state index in [-0.39, 0.29) is 11.9 Å². The third kappa shape index (κ3) is 4.92. The van der Waals surface area contributed by atoms with Crippen LogP contribution in [0.15, 0.2) is 0 Å². The van der Waals surface area contributed by atoms with E-state index in [1.807, 2.05) is 0 Å². The van der Waals surface area contributed by atoms with Crippen LogP contribution in [-0.4, -0.2) is 50.0 Å². The Kier molecular flexibility index (Phi) is 6.37. The van der Waals surface area contributed by atoms with E-state index in [0.29, 0.717) is 19.6 Å². The maximum absolute atomic E-state index is 11.7. The minimum absolute atomic E-state index is 0.0457. The van der Waals surface area contributed by atoms with Crippen LogP contribution >= 0.6 is 0 Å². The largest absolute Gasteiger partial charge is 0.391 e. The molecule has 5 heteroatoms. The molecule has 1 aliphatic rings. The van der Waals surface area contributed by atoms with Gasteiger partial charge in [0.1, 0.15) is 0 Å². The molecule has 5 nitrogen and oxygen atoms in total. The lowest BCUT2D eigenvalue weighted by atomic mass is 10.0. The third-order valence-corrected chi connectivity index (χ3v) is 2.76. The smallest absolute Gasteiger partial charge is 0.237 e. The van der Waals surface area contributed by atoms with Gasteiger partial charge in [0.2, 0.25) is 5.91 Å². The van der Waals surface area contributed by atoms with Crippen molar-refractivity contribution in [2.24, 2.45) is 0 Å². The van der Waals surface area contributed by atoms with Crippen LogP contribution < -0.4 is 10.6 Å². The van der Waals surface area contributed by atoms with Crippen LogP contribution in [0.5, 0.6) is 0 Å². The fourth-order valence-corrected chi connectivity index (χ4v) is 1.84. The molecule has 94 valence electrons. The molecule has 1 saturated heterocycles. The lowest BCUT2D eigenvalue weighted by Crippen LogP contribution is -2.47. The Morgan fingerprint density at radius 1 is 1.62 bits per heavy atom. The van der Waals surface area contributed by atoms with E-state index in [1.165, 1.54) is 0 Å². The molecule has 0 aromatic rings. The van der Waals surface area contributed by atoms with Gasteiger partial charge in [-0.15, -0.1) is 0 Å². The van der Waals surface area contributed by atoms with Gasteiger partial charge in [-0.2, -0.15) is 0 Å². The Balaban J connectivity index is 2.09. The first-order valence-corrected chi connectivity index (χ1v) is 5.92. The molecule has 0 aliphatic carbocycles. The molecule has 0 saturated carbocycles. The second kappa shape index (κ2) is 7.60. The van der Waals surface area contributed by atoms with Gasteiger partial charge in [0.15, 0.2) is 0 Å². The van der Waals surface area contributed by atoms with Crippen LogP contribution in [0, 0.1) is 0 Å². The highest BCUT2D eigenvalue weighted by atomic mass is 16.5. The number of aliphatic hydroxyl groups excluding tert-OH is 1. The number of ether oxygens (including phenoxy) is 1. The molecule has 0 spiro atoms. The summed E-state index contributed by atoms with van der Waals surface area (Å²) in [7, 11) is 1.55. The first kappa shape index (κ1) is 13.4. The highest BCUT2D eigenvalue weighted by Gasteiger charge is 2.19. The minimum atomic E-state index is -0.496. The zero-order valence-electron chi connectivity index (χ0n) is 9.87. The first-order valence-electron chi connectivity index (χ1n) is 5.92. The van der Waals surface area contributed by atoms with Gasteiger partial charge in [0, 0.05) is 13.7 Å². The SMILES string of the molecule is COCC(O)CCNC(=O)C1CCCCN1. The number of aliphatic hydroxyl groups is 1. The highest BCUT2D eigenvalue weighted by molar-refractivity contribution is 5.81. The second-order valence-electron chi connectivity index (χ2n) is 4.19. The number of hydrogen-bond acceptors (Lipinski definition) is 4. The Bertz CT molecular complexity index is 205. The molecular weight excluding hydrogens is 208 g/mol. The van der Waals surface area contributed by atoms with Crippen LogP contribution in [-0.2, 0) is 9.53 Å². The van der Waals surface area contributed by atoms with Crippen LogP contribution in [0.1, 0.15) is 25.7 Å². The van der Waals surface area contributed by atoms with Gasteiger partial charge in [-0.1, -0.05) is 6.42 Å². The third-order valence-electron chi connectivity index (χ3n) is 2.76. The molecule has 2 unspecified atom stereocenters. The van der Waals surface area contributed by atoms with Gasteiger partial charge in [0.25, 0.3) is 0 Å². The van der Waals surface area contributed by atoms with Crippen molar-refractivity contribution in [3.05, 3.63) is 0 Å². The number of hydrogen-bond donors (Lipinski definition) is 3. The topological polar surface area (TPSA) is 70.6 Å². The summed E-state index contributed by atoms with van der Waals surface area (Å²) in [6.07, 6.45) is 3.21. The van der Waals surface area contributed by atoms with Crippen molar-refractivity contribution in [2.45, 2.75) is 37.8 Å². The number of methoxy groups -OCH3 is 1. The van der Waals surface area contributed by atoms with Gasteiger partial charge in [-0.25, -0.2) is 0 Å². The van der Waals surface area contributed by atoms with Gasteiger partial charge in [-0.05, 0) is 25.8 Å². The maximum Gasteiger partial charge on any atom is 0.237 e. The normalized spacial score (nSPS) is 22.8. The summed E-state index contributed by atoms with van der Waals surface area (Å²) in [5.41, 5.74) is 0. The van der Waals surface area contributed by atoms with Crippen molar-refractivity contribution >= 4 is 5.91 Å². The van der Waals surface area contributed by atoms with Crippen LogP contribution in [0.25, 0.3) is 0 Å². The van der Waals surface area contributed by atoms with E-state index >= 15 is 0 Å². The molecule has 1 heterocycles. The number of carbonyl (C=O) groups is 1. The summed E-state index contributed by atoms with van der Waals surface area (Å²) >= 11 is 0. The summed E-state index contributed by atoms with van der Waals surface area (Å²) in [4.78, 5) is 11.7. The maximum atomic E-state index is 11.7. The van der Waals surface area contributed by atoms with Crippen LogP contribution in [0.4, 0.5) is 0 Å². The molecule has 1 fully saturated rings. The Morgan fingerprint density at radius 3 is 3.06 bits per heavy atom. The van der Waals surface area contributed by atoms with E-state index in [0.717, 1.165) is 25.8 Å². The molecule has 0 aromatic heterocycles. The van der Waals surface area contributed by atoms with Gasteiger partial charge < -0.3 is 20.5 Å². The molecule has 3 N–H and O–H groups in total. The van der Waals surface area contributed by atoms with E-state index in [4.69, 9.17) is 4.74 Å². The van der Waals surface area contributed by atoms with Gasteiger partial charge in [0.05, 0.1) is 18.8 Å². The standard InChI is InChI=1S/C11H22N2O3/c1-16-8-9(14)5-7-13-11(15)10-4-2-3-6-12-10/h9-10,12,14H,2-8H2,1H3,(H,13,15). The van der Waals surface area contributed by atoms with Gasteiger partial charge >= 0.3 is 0 Å². The predicted molar refractivity (Wildman–Crippen MR) is 61.2 cm³/mol. The molecule has 2 atom stereocenters. The summed E-state index contributed by atoms with van der Waals surface area (Å²) < 4.78 is 4.80. The zero-order chi connectivity index (χ0) is 11.8. The average molecular weight is 230 g/mol. The molecule has 16 heavy (non-hydrogen) atoms. The van der Waals surface area contributed by atoms with Crippen LogP contribution in [0.2, 0.25) is 0 Å². The molecular formula is C11H22N2O3. The number of carbonyl (C=O) groups excluding carboxylic acids is 1. The number of piperidine rings is 1. The monoisotopic (exact) mass is 230 g/mol. The summed E-state index contributed by atoms with van der Waals surface area (Å²) in [6, 6.07) is -0.0479. The number of rotatable bonds is 6. The van der Waals surface area contributed by atoms with Crippen LogP contribution in [0.3, 0.4) is 0 Å². The fraction of sp³-hybridized carbons (Fsp3) is 0.909. The van der Waals surface area contributed by atoms with Crippen molar-refractivity contribution in [1.82, 2.24) is 10.6 Å². The fourth-order valence-electron chi connectivity index (χ4n) is 1.84. The Hall–Kier alpha value is -0.650. The van der Waals surface area contributed by atoms with E-state index < -0.39 is 6.10 Å². The quantitative estimate of drug-likeness (QED) is 0.583. The summed E-state index contributed by atoms with van der Waals surface area (Å²) in [6.45, 7) is 1.74. The Labute approximate surface area is 96.6 Å². The van der Waals surface area contributed by atoms with Crippen molar-refractivity contribution in [3.8, 4) is 0 Å². The second-order valence-corrected chi connectivity index (χ2v) is 4.19. The average Bonchev–Trinajstić information content (AvgIpc) is 2.30. The van der Waals surface area contributed by atoms with Crippen molar-refractivity contribution in [1.29, 1.82) is 0 Å². The minimum Gasteiger partial charge on any atom is -0.391 e. The summed E-state index contributed by atoms with van der Waals surface area (Å²) in [5, 5.41) is 15.4. The lowest BCUT2D eigenvalue weighted by Gasteiger charge is -2.22.